The van der Waals surface area contributed by atoms with Crippen LogP contribution in [0.3, 0.4) is 0 Å². The summed E-state index contributed by atoms with van der Waals surface area (Å²) >= 11 is 6.16. The lowest BCUT2D eigenvalue weighted by Crippen LogP contribution is -2.52. The Labute approximate surface area is 198 Å². The highest BCUT2D eigenvalue weighted by Crippen LogP contribution is 2.23. The van der Waals surface area contributed by atoms with Gasteiger partial charge in [-0.15, -0.1) is 0 Å². The van der Waals surface area contributed by atoms with Crippen molar-refractivity contribution in [3.63, 3.8) is 0 Å². The van der Waals surface area contributed by atoms with Crippen molar-refractivity contribution in [3.05, 3.63) is 101 Å². The molecule has 0 fully saturated rings. The van der Waals surface area contributed by atoms with Crippen molar-refractivity contribution >= 4 is 23.4 Å². The zero-order valence-corrected chi connectivity index (χ0v) is 18.9. The number of amides is 2. The number of nitrogens with zero attached hydrogens (tertiary/aromatic N) is 1. The molecule has 2 amide bonds. The lowest BCUT2D eigenvalue weighted by atomic mass is 10.0. The fraction of sp³-hybridized carbons (Fsp3) is 0.231. The van der Waals surface area contributed by atoms with Gasteiger partial charge in [0.05, 0.1) is 11.6 Å². The third-order valence-electron chi connectivity index (χ3n) is 5.07. The number of aliphatic hydroxyl groups is 1. The SMILES string of the molecule is O=C(NCCO)C(Cc1ccccc1)N(Cc1ccccc1)C(=O)COc1ccccc1Cl. The maximum absolute atomic E-state index is 13.4. The fourth-order valence-electron chi connectivity index (χ4n) is 3.42. The normalized spacial score (nSPS) is 11.5. The van der Waals surface area contributed by atoms with Crippen molar-refractivity contribution in [3.8, 4) is 5.75 Å². The lowest BCUT2D eigenvalue weighted by molar-refractivity contribution is -0.142. The average molecular weight is 467 g/mol. The maximum atomic E-state index is 13.4. The van der Waals surface area contributed by atoms with E-state index >= 15 is 0 Å². The van der Waals surface area contributed by atoms with Gasteiger partial charge in [-0.05, 0) is 23.3 Å². The van der Waals surface area contributed by atoms with Crippen LogP contribution in [0.1, 0.15) is 11.1 Å². The first kappa shape index (κ1) is 24.3. The van der Waals surface area contributed by atoms with E-state index in [2.05, 4.69) is 5.32 Å². The lowest BCUT2D eigenvalue weighted by Gasteiger charge is -2.31. The van der Waals surface area contributed by atoms with Crippen LogP contribution in [-0.2, 0) is 22.6 Å². The van der Waals surface area contributed by atoms with Gasteiger partial charge >= 0.3 is 0 Å². The first-order chi connectivity index (χ1) is 16.1. The van der Waals surface area contributed by atoms with E-state index in [1.165, 1.54) is 4.90 Å². The van der Waals surface area contributed by atoms with Crippen LogP contribution in [0.15, 0.2) is 84.9 Å². The number of para-hydroxylation sites is 1. The number of aliphatic hydroxyl groups excluding tert-OH is 1. The third kappa shape index (κ3) is 7.34. The molecule has 172 valence electrons. The Bertz CT molecular complexity index is 1030. The summed E-state index contributed by atoms with van der Waals surface area (Å²) in [6.07, 6.45) is 0.322. The molecule has 3 rings (SSSR count). The summed E-state index contributed by atoms with van der Waals surface area (Å²) < 4.78 is 5.68. The van der Waals surface area contributed by atoms with Crippen LogP contribution in [0.5, 0.6) is 5.75 Å². The fourth-order valence-corrected chi connectivity index (χ4v) is 3.61. The van der Waals surface area contributed by atoms with Gasteiger partial charge in [0.25, 0.3) is 5.91 Å². The molecule has 0 heterocycles. The number of benzene rings is 3. The van der Waals surface area contributed by atoms with Crippen LogP contribution in [0.25, 0.3) is 0 Å². The number of hydrogen-bond donors (Lipinski definition) is 2. The molecule has 0 aromatic heterocycles. The highest BCUT2D eigenvalue weighted by molar-refractivity contribution is 6.32. The average Bonchev–Trinajstić information content (AvgIpc) is 2.85. The molecular formula is C26H27ClN2O4. The van der Waals surface area contributed by atoms with Crippen molar-refractivity contribution in [2.45, 2.75) is 19.0 Å². The molecule has 0 aliphatic carbocycles. The van der Waals surface area contributed by atoms with Crippen molar-refractivity contribution in [2.24, 2.45) is 0 Å². The molecule has 3 aromatic carbocycles. The molecule has 0 saturated carbocycles. The quantitative estimate of drug-likeness (QED) is 0.453. The zero-order chi connectivity index (χ0) is 23.5. The van der Waals surface area contributed by atoms with Gasteiger partial charge in [0.1, 0.15) is 11.8 Å². The number of rotatable bonds is 11. The van der Waals surface area contributed by atoms with Crippen LogP contribution >= 0.6 is 11.6 Å². The number of nitrogens with one attached hydrogen (secondary N) is 1. The monoisotopic (exact) mass is 466 g/mol. The summed E-state index contributed by atoms with van der Waals surface area (Å²) in [7, 11) is 0. The molecule has 1 unspecified atom stereocenters. The van der Waals surface area contributed by atoms with Crippen molar-refractivity contribution in [2.75, 3.05) is 19.8 Å². The van der Waals surface area contributed by atoms with Crippen LogP contribution in [0.4, 0.5) is 0 Å². The third-order valence-corrected chi connectivity index (χ3v) is 5.38. The van der Waals surface area contributed by atoms with E-state index in [4.69, 9.17) is 16.3 Å². The second kappa shape index (κ2) is 12.6. The number of hydrogen-bond acceptors (Lipinski definition) is 4. The van der Waals surface area contributed by atoms with Crippen LogP contribution < -0.4 is 10.1 Å². The van der Waals surface area contributed by atoms with E-state index in [0.29, 0.717) is 17.2 Å². The second-order valence-corrected chi connectivity index (χ2v) is 7.85. The molecule has 0 radical (unpaired) electrons. The molecule has 0 spiro atoms. The Balaban J connectivity index is 1.87. The number of halogens is 1. The summed E-state index contributed by atoms with van der Waals surface area (Å²) in [6.45, 7) is -0.121. The molecule has 0 saturated heterocycles. The molecule has 2 N–H and O–H groups in total. The number of ether oxygens (including phenoxy) is 1. The minimum absolute atomic E-state index is 0.105. The molecule has 0 bridgehead atoms. The van der Waals surface area contributed by atoms with Gasteiger partial charge in [-0.3, -0.25) is 9.59 Å². The Morgan fingerprint density at radius 3 is 2.15 bits per heavy atom. The minimum Gasteiger partial charge on any atom is -0.482 e. The Morgan fingerprint density at radius 2 is 1.52 bits per heavy atom. The van der Waals surface area contributed by atoms with Crippen LogP contribution in [0.2, 0.25) is 5.02 Å². The van der Waals surface area contributed by atoms with Crippen LogP contribution in [-0.4, -0.2) is 47.6 Å². The van der Waals surface area contributed by atoms with Gasteiger partial charge in [-0.2, -0.15) is 0 Å². The van der Waals surface area contributed by atoms with Gasteiger partial charge in [0.2, 0.25) is 5.91 Å². The highest BCUT2D eigenvalue weighted by Gasteiger charge is 2.30. The van der Waals surface area contributed by atoms with Crippen molar-refractivity contribution in [1.29, 1.82) is 0 Å². The van der Waals surface area contributed by atoms with Crippen LogP contribution in [0, 0.1) is 0 Å². The van der Waals surface area contributed by atoms with E-state index in [1.54, 1.807) is 24.3 Å². The summed E-state index contributed by atoms with van der Waals surface area (Å²) in [5.41, 5.74) is 1.80. The molecule has 0 aliphatic rings. The molecule has 1 atom stereocenters. The first-order valence-corrected chi connectivity index (χ1v) is 11.1. The topological polar surface area (TPSA) is 78.9 Å². The molecule has 7 heteroatoms. The molecule has 33 heavy (non-hydrogen) atoms. The smallest absolute Gasteiger partial charge is 0.261 e. The number of carbonyl (C=O) groups is 2. The highest BCUT2D eigenvalue weighted by atomic mass is 35.5. The second-order valence-electron chi connectivity index (χ2n) is 7.45. The van der Waals surface area contributed by atoms with Gasteiger partial charge in [-0.1, -0.05) is 84.4 Å². The van der Waals surface area contributed by atoms with E-state index in [9.17, 15) is 14.7 Å². The molecule has 0 aliphatic heterocycles. The predicted octanol–water partition coefficient (Wildman–Crippen LogP) is 3.47. The minimum atomic E-state index is -0.790. The first-order valence-electron chi connectivity index (χ1n) is 10.7. The summed E-state index contributed by atoms with van der Waals surface area (Å²) in [6, 6.07) is 25.1. The summed E-state index contributed by atoms with van der Waals surface area (Å²) in [4.78, 5) is 28.0. The zero-order valence-electron chi connectivity index (χ0n) is 18.2. The molecule has 3 aromatic rings. The number of carbonyl (C=O) groups excluding carboxylic acids is 2. The standard InChI is InChI=1S/C26H27ClN2O4/c27-22-13-7-8-14-24(22)33-19-25(31)29(18-21-11-5-2-6-12-21)23(26(32)28-15-16-30)17-20-9-3-1-4-10-20/h1-14,23,30H,15-19H2,(H,28,32). The predicted molar refractivity (Wildman–Crippen MR) is 128 cm³/mol. The van der Waals surface area contributed by atoms with Gasteiger partial charge < -0.3 is 20.1 Å². The molecular weight excluding hydrogens is 440 g/mol. The van der Waals surface area contributed by atoms with Crippen molar-refractivity contribution in [1.82, 2.24) is 10.2 Å². The van der Waals surface area contributed by atoms with Gasteiger partial charge in [-0.25, -0.2) is 0 Å². The maximum Gasteiger partial charge on any atom is 0.261 e. The summed E-state index contributed by atoms with van der Waals surface area (Å²) in [5.74, 6) is -0.287. The molecule has 6 nitrogen and oxygen atoms in total. The van der Waals surface area contributed by atoms with E-state index in [-0.39, 0.29) is 38.1 Å². The van der Waals surface area contributed by atoms with E-state index in [1.807, 2.05) is 60.7 Å². The summed E-state index contributed by atoms with van der Waals surface area (Å²) in [5, 5.41) is 12.3. The Morgan fingerprint density at radius 1 is 0.909 bits per heavy atom. The Kier molecular flexibility index (Phi) is 9.30. The largest absolute Gasteiger partial charge is 0.482 e. The van der Waals surface area contributed by atoms with E-state index in [0.717, 1.165) is 11.1 Å². The Hall–Kier alpha value is -3.35. The van der Waals surface area contributed by atoms with Gasteiger partial charge in [0.15, 0.2) is 6.61 Å². The van der Waals surface area contributed by atoms with E-state index < -0.39 is 6.04 Å². The van der Waals surface area contributed by atoms with Gasteiger partial charge in [0, 0.05) is 19.5 Å². The van der Waals surface area contributed by atoms with Crippen molar-refractivity contribution < 1.29 is 19.4 Å².